The minimum atomic E-state index is -0.343. The lowest BCUT2D eigenvalue weighted by Gasteiger charge is -2.31. The number of esters is 1. The van der Waals surface area contributed by atoms with Crippen LogP contribution in [-0.4, -0.2) is 30.6 Å². The van der Waals surface area contributed by atoms with Crippen LogP contribution in [0.3, 0.4) is 0 Å². The lowest BCUT2D eigenvalue weighted by Crippen LogP contribution is -2.45. The summed E-state index contributed by atoms with van der Waals surface area (Å²) in [4.78, 5) is 24.7. The van der Waals surface area contributed by atoms with Gasteiger partial charge in [0.25, 0.3) is 0 Å². The summed E-state index contributed by atoms with van der Waals surface area (Å²) in [6.07, 6.45) is 23.3. The van der Waals surface area contributed by atoms with Crippen LogP contribution in [0.2, 0.25) is 0 Å². The van der Waals surface area contributed by atoms with Gasteiger partial charge in [0, 0.05) is 17.5 Å². The van der Waals surface area contributed by atoms with Crippen LogP contribution < -0.4 is 10.1 Å². The van der Waals surface area contributed by atoms with Gasteiger partial charge in [0.15, 0.2) is 0 Å². The molecule has 1 amide bonds. The first kappa shape index (κ1) is 33.9. The molecule has 0 atom stereocenters. The molecule has 0 heterocycles. The maximum absolute atomic E-state index is 12.4. The second kappa shape index (κ2) is 19.7. The maximum Gasteiger partial charge on any atom is 0.331 e. The summed E-state index contributed by atoms with van der Waals surface area (Å²) in [7, 11) is 0. The van der Waals surface area contributed by atoms with Crippen LogP contribution in [0.25, 0.3) is 6.08 Å². The van der Waals surface area contributed by atoms with Crippen LogP contribution >= 0.6 is 0 Å². The number of unbranched alkanes of at least 4 members (excludes halogenated alkanes) is 11. The molecule has 1 aromatic rings. The van der Waals surface area contributed by atoms with E-state index in [2.05, 4.69) is 12.2 Å². The Morgan fingerprint density at radius 1 is 0.825 bits per heavy atom. The van der Waals surface area contributed by atoms with Gasteiger partial charge in [-0.3, -0.25) is 4.79 Å². The molecule has 2 rings (SSSR count). The highest BCUT2D eigenvalue weighted by Gasteiger charge is 2.30. The van der Waals surface area contributed by atoms with Crippen LogP contribution in [0.1, 0.15) is 142 Å². The zero-order valence-corrected chi connectivity index (χ0v) is 26.0. The third-order valence-corrected chi connectivity index (χ3v) is 8.35. The summed E-state index contributed by atoms with van der Waals surface area (Å²) >= 11 is 0. The lowest BCUT2D eigenvalue weighted by atomic mass is 9.87. The molecule has 1 aromatic carbocycles. The predicted molar refractivity (Wildman–Crippen MR) is 166 cm³/mol. The van der Waals surface area contributed by atoms with Crippen molar-refractivity contribution in [1.82, 2.24) is 5.32 Å². The van der Waals surface area contributed by atoms with Gasteiger partial charge in [-0.15, -0.1) is 0 Å². The molecule has 0 spiro atoms. The van der Waals surface area contributed by atoms with Gasteiger partial charge >= 0.3 is 5.97 Å². The van der Waals surface area contributed by atoms with E-state index in [1.165, 1.54) is 76.7 Å². The van der Waals surface area contributed by atoms with Gasteiger partial charge in [-0.25, -0.2) is 4.79 Å². The van der Waals surface area contributed by atoms with Crippen LogP contribution in [0, 0.1) is 5.41 Å². The summed E-state index contributed by atoms with van der Waals surface area (Å²) in [6.45, 7) is 9.01. The highest BCUT2D eigenvalue weighted by atomic mass is 16.5. The Bertz CT molecular complexity index is 853. The molecular weight excluding hydrogens is 498 g/mol. The molecule has 0 radical (unpaired) electrons. The molecule has 0 unspecified atom stereocenters. The highest BCUT2D eigenvalue weighted by molar-refractivity contribution is 5.87. The molecule has 0 bridgehead atoms. The second-order valence-corrected chi connectivity index (χ2v) is 12.3. The topological polar surface area (TPSA) is 64.6 Å². The van der Waals surface area contributed by atoms with E-state index in [1.54, 1.807) is 6.08 Å². The van der Waals surface area contributed by atoms with Crippen molar-refractivity contribution in [3.8, 4) is 5.75 Å². The molecule has 0 aromatic heterocycles. The molecule has 0 aliphatic heterocycles. The molecule has 1 N–H and O–H groups in total. The molecule has 40 heavy (non-hydrogen) atoms. The molecular formula is C35H57NO4. The molecule has 1 fully saturated rings. The van der Waals surface area contributed by atoms with Crippen LogP contribution in [0.4, 0.5) is 0 Å². The first-order chi connectivity index (χ1) is 19.3. The number of nitrogens with one attached hydrogen (secondary N) is 1. The Hall–Kier alpha value is -2.30. The summed E-state index contributed by atoms with van der Waals surface area (Å²) < 4.78 is 11.5. The standard InChI is InChI=1S/C35H57NO4/c1-5-7-8-9-10-11-12-13-14-15-16-17-28-39-31-23-18-29(19-24-31)20-27-33(37)40-32-25-21-30(22-26-32)36-34(38)35(3,4)6-2/h18-20,23-24,27,30,32H,5-17,21-22,25-26,28H2,1-4H3,(H,36,38)/b27-20+. The minimum absolute atomic E-state index is 0.0828. The van der Waals surface area contributed by atoms with E-state index in [0.29, 0.717) is 0 Å². The number of carbonyl (C=O) groups excluding carboxylic acids is 2. The molecule has 1 saturated carbocycles. The van der Waals surface area contributed by atoms with Gasteiger partial charge in [0.2, 0.25) is 5.91 Å². The number of hydrogen-bond acceptors (Lipinski definition) is 4. The normalized spacial score (nSPS) is 17.6. The van der Waals surface area contributed by atoms with E-state index in [0.717, 1.165) is 56.4 Å². The quantitative estimate of drug-likeness (QED) is 0.0989. The Morgan fingerprint density at radius 3 is 1.93 bits per heavy atom. The summed E-state index contributed by atoms with van der Waals surface area (Å²) in [5.74, 6) is 0.667. The predicted octanol–water partition coefficient (Wildman–Crippen LogP) is 9.19. The van der Waals surface area contributed by atoms with E-state index >= 15 is 0 Å². The molecule has 0 saturated heterocycles. The fourth-order valence-electron chi connectivity index (χ4n) is 5.04. The molecule has 5 heteroatoms. The zero-order valence-electron chi connectivity index (χ0n) is 26.0. The van der Waals surface area contributed by atoms with Gasteiger partial charge < -0.3 is 14.8 Å². The first-order valence-corrected chi connectivity index (χ1v) is 16.3. The number of carbonyl (C=O) groups is 2. The van der Waals surface area contributed by atoms with Crippen molar-refractivity contribution in [3.63, 3.8) is 0 Å². The monoisotopic (exact) mass is 555 g/mol. The van der Waals surface area contributed by atoms with Gasteiger partial charge in [0.1, 0.15) is 11.9 Å². The number of amides is 1. The number of hydrogen-bond donors (Lipinski definition) is 1. The second-order valence-electron chi connectivity index (χ2n) is 12.3. The first-order valence-electron chi connectivity index (χ1n) is 16.3. The van der Waals surface area contributed by atoms with Gasteiger partial charge in [0.05, 0.1) is 6.61 Å². The van der Waals surface area contributed by atoms with Crippen molar-refractivity contribution in [3.05, 3.63) is 35.9 Å². The fourth-order valence-corrected chi connectivity index (χ4v) is 5.04. The van der Waals surface area contributed by atoms with E-state index < -0.39 is 0 Å². The van der Waals surface area contributed by atoms with Gasteiger partial charge in [-0.1, -0.05) is 110 Å². The average Bonchev–Trinajstić information content (AvgIpc) is 2.96. The lowest BCUT2D eigenvalue weighted by molar-refractivity contribution is -0.145. The molecule has 5 nitrogen and oxygen atoms in total. The van der Waals surface area contributed by atoms with Crippen LogP contribution in [-0.2, 0) is 14.3 Å². The van der Waals surface area contributed by atoms with E-state index in [4.69, 9.17) is 9.47 Å². The largest absolute Gasteiger partial charge is 0.494 e. The Labute approximate surface area is 244 Å². The average molecular weight is 556 g/mol. The zero-order chi connectivity index (χ0) is 29.1. The van der Waals surface area contributed by atoms with Crippen LogP contribution in [0.5, 0.6) is 5.75 Å². The van der Waals surface area contributed by atoms with E-state index in [-0.39, 0.29) is 29.4 Å². The molecule has 226 valence electrons. The highest BCUT2D eigenvalue weighted by Crippen LogP contribution is 2.25. The van der Waals surface area contributed by atoms with Crippen molar-refractivity contribution in [2.24, 2.45) is 5.41 Å². The smallest absolute Gasteiger partial charge is 0.331 e. The third-order valence-electron chi connectivity index (χ3n) is 8.35. The Balaban J connectivity index is 1.53. The van der Waals surface area contributed by atoms with Gasteiger partial charge in [-0.2, -0.15) is 0 Å². The SMILES string of the molecule is CCCCCCCCCCCCCCOc1ccc(/C=C/C(=O)OC2CCC(NC(=O)C(C)(C)CC)CC2)cc1. The number of ether oxygens (including phenoxy) is 2. The Kier molecular flexibility index (Phi) is 16.7. The summed E-state index contributed by atoms with van der Waals surface area (Å²) in [6, 6.07) is 8.02. The minimum Gasteiger partial charge on any atom is -0.494 e. The number of rotatable bonds is 20. The maximum atomic E-state index is 12.4. The summed E-state index contributed by atoms with van der Waals surface area (Å²) in [5, 5.41) is 3.17. The number of benzene rings is 1. The van der Waals surface area contributed by atoms with E-state index in [9.17, 15) is 9.59 Å². The summed E-state index contributed by atoms with van der Waals surface area (Å²) in [5.41, 5.74) is 0.601. The van der Waals surface area contributed by atoms with Crippen molar-refractivity contribution >= 4 is 18.0 Å². The van der Waals surface area contributed by atoms with Crippen molar-refractivity contribution in [1.29, 1.82) is 0 Å². The van der Waals surface area contributed by atoms with Crippen molar-refractivity contribution in [2.45, 2.75) is 149 Å². The Morgan fingerprint density at radius 2 is 1.38 bits per heavy atom. The third kappa shape index (κ3) is 14.4. The van der Waals surface area contributed by atoms with Crippen molar-refractivity contribution in [2.75, 3.05) is 6.61 Å². The van der Waals surface area contributed by atoms with E-state index in [1.807, 2.05) is 45.0 Å². The molecule has 1 aliphatic carbocycles. The van der Waals surface area contributed by atoms with Crippen molar-refractivity contribution < 1.29 is 19.1 Å². The molecule has 1 aliphatic rings. The fraction of sp³-hybridized carbons (Fsp3) is 0.714. The van der Waals surface area contributed by atoms with Gasteiger partial charge in [-0.05, 0) is 62.3 Å². The van der Waals surface area contributed by atoms with Crippen LogP contribution in [0.15, 0.2) is 30.3 Å².